The van der Waals surface area contributed by atoms with E-state index in [1.807, 2.05) is 55.5 Å². The van der Waals surface area contributed by atoms with E-state index in [2.05, 4.69) is 19.1 Å². The van der Waals surface area contributed by atoms with Crippen LogP contribution in [0.1, 0.15) is 31.1 Å². The lowest BCUT2D eigenvalue weighted by Gasteiger charge is -2.15. The molecule has 0 aromatic heterocycles. The molecule has 1 heteroatoms. The van der Waals surface area contributed by atoms with E-state index >= 15 is 0 Å². The van der Waals surface area contributed by atoms with Crippen LogP contribution >= 0.6 is 0 Å². The Hall–Kier alpha value is -1.86. The van der Waals surface area contributed by atoms with Gasteiger partial charge < -0.3 is 5.11 Å². The maximum absolute atomic E-state index is 10.4. The number of aliphatic hydroxyl groups excluding tert-OH is 1. The molecule has 2 aromatic rings. The zero-order chi connectivity index (χ0) is 13.0. The summed E-state index contributed by atoms with van der Waals surface area (Å²) in [6.45, 7) is 4.04. The number of aliphatic hydroxyl groups is 1. The van der Waals surface area contributed by atoms with E-state index in [1.54, 1.807) is 0 Å². The summed E-state index contributed by atoms with van der Waals surface area (Å²) in [5, 5.41) is 10.4. The third-order valence-corrected chi connectivity index (χ3v) is 3.32. The second-order valence-corrected chi connectivity index (χ2v) is 4.49. The van der Waals surface area contributed by atoms with Gasteiger partial charge in [0.2, 0.25) is 0 Å². The molecule has 0 bridgehead atoms. The van der Waals surface area contributed by atoms with Gasteiger partial charge in [-0.05, 0) is 36.1 Å². The van der Waals surface area contributed by atoms with Gasteiger partial charge in [-0.1, -0.05) is 60.7 Å². The van der Waals surface area contributed by atoms with Crippen LogP contribution in [-0.2, 0) is 0 Å². The number of hydrogen-bond donors (Lipinski definition) is 1. The molecular weight excluding hydrogens is 220 g/mol. The first-order chi connectivity index (χ1) is 8.70. The van der Waals surface area contributed by atoms with Crippen molar-refractivity contribution >= 4 is 5.57 Å². The molecule has 0 aliphatic rings. The van der Waals surface area contributed by atoms with Crippen LogP contribution in [0, 0.1) is 0 Å². The van der Waals surface area contributed by atoms with Crippen molar-refractivity contribution in [1.29, 1.82) is 0 Å². The van der Waals surface area contributed by atoms with E-state index in [0.29, 0.717) is 0 Å². The zero-order valence-corrected chi connectivity index (χ0v) is 10.8. The van der Waals surface area contributed by atoms with Crippen molar-refractivity contribution in [1.82, 2.24) is 0 Å². The van der Waals surface area contributed by atoms with Crippen LogP contribution in [0.4, 0.5) is 0 Å². The Kier molecular flexibility index (Phi) is 3.96. The Morgan fingerprint density at radius 3 is 1.89 bits per heavy atom. The summed E-state index contributed by atoms with van der Waals surface area (Å²) in [5.74, 6) is 0. The molecule has 0 saturated carbocycles. The third-order valence-electron chi connectivity index (χ3n) is 3.32. The molecule has 1 atom stereocenters. The van der Waals surface area contributed by atoms with E-state index in [1.165, 1.54) is 0 Å². The molecular formula is C17H18O. The highest BCUT2D eigenvalue weighted by Crippen LogP contribution is 2.28. The number of hydrogen-bond acceptors (Lipinski definition) is 1. The summed E-state index contributed by atoms with van der Waals surface area (Å²) in [7, 11) is 0. The molecule has 0 radical (unpaired) electrons. The predicted octanol–water partition coefficient (Wildman–Crippen LogP) is 4.21. The van der Waals surface area contributed by atoms with Crippen LogP contribution < -0.4 is 0 Å². The van der Waals surface area contributed by atoms with Crippen molar-refractivity contribution in [3.8, 4) is 0 Å². The van der Waals surface area contributed by atoms with E-state index in [4.69, 9.17) is 0 Å². The lowest BCUT2D eigenvalue weighted by atomic mass is 9.95. The largest absolute Gasteiger partial charge is 0.384 e. The quantitative estimate of drug-likeness (QED) is 0.849. The Morgan fingerprint density at radius 2 is 1.33 bits per heavy atom. The first-order valence-corrected chi connectivity index (χ1v) is 6.16. The Morgan fingerprint density at radius 1 is 0.833 bits per heavy atom. The molecule has 0 aliphatic carbocycles. The van der Waals surface area contributed by atoms with Gasteiger partial charge >= 0.3 is 0 Å². The Labute approximate surface area is 108 Å². The molecule has 92 valence electrons. The zero-order valence-electron chi connectivity index (χ0n) is 10.8. The van der Waals surface area contributed by atoms with Crippen molar-refractivity contribution in [2.24, 2.45) is 0 Å². The minimum atomic E-state index is -0.536. The lowest BCUT2D eigenvalue weighted by molar-refractivity contribution is 0.216. The summed E-state index contributed by atoms with van der Waals surface area (Å²) < 4.78 is 0. The molecule has 0 fully saturated rings. The van der Waals surface area contributed by atoms with Crippen molar-refractivity contribution in [2.45, 2.75) is 20.0 Å². The van der Waals surface area contributed by atoms with Gasteiger partial charge in [0.1, 0.15) is 6.10 Å². The van der Waals surface area contributed by atoms with Crippen LogP contribution in [0.5, 0.6) is 0 Å². The minimum Gasteiger partial charge on any atom is -0.384 e. The van der Waals surface area contributed by atoms with E-state index in [-0.39, 0.29) is 0 Å². The van der Waals surface area contributed by atoms with Crippen molar-refractivity contribution in [3.63, 3.8) is 0 Å². The lowest BCUT2D eigenvalue weighted by Crippen LogP contribution is -2.00. The molecule has 0 saturated heterocycles. The number of benzene rings is 2. The second kappa shape index (κ2) is 5.65. The molecule has 1 unspecified atom stereocenters. The molecule has 0 spiro atoms. The molecule has 1 nitrogen and oxygen atoms in total. The average Bonchev–Trinajstić information content (AvgIpc) is 2.47. The highest BCUT2D eigenvalue weighted by molar-refractivity contribution is 5.67. The van der Waals surface area contributed by atoms with Gasteiger partial charge in [-0.2, -0.15) is 0 Å². The van der Waals surface area contributed by atoms with Gasteiger partial charge in [-0.3, -0.25) is 0 Å². The molecule has 2 rings (SSSR count). The van der Waals surface area contributed by atoms with E-state index in [0.717, 1.165) is 22.3 Å². The second-order valence-electron chi connectivity index (χ2n) is 4.49. The summed E-state index contributed by atoms with van der Waals surface area (Å²) in [4.78, 5) is 0. The van der Waals surface area contributed by atoms with Gasteiger partial charge in [-0.15, -0.1) is 0 Å². The maximum Gasteiger partial charge on any atom is 0.100 e. The highest BCUT2D eigenvalue weighted by atomic mass is 16.3. The Bertz CT molecular complexity index is 526. The SMILES string of the molecule is C/C(=C(/C)C(O)c1ccccc1)c1ccccc1. The van der Waals surface area contributed by atoms with Crippen molar-refractivity contribution in [2.75, 3.05) is 0 Å². The monoisotopic (exact) mass is 238 g/mol. The number of rotatable bonds is 3. The maximum atomic E-state index is 10.4. The fourth-order valence-electron chi connectivity index (χ4n) is 2.01. The standard InChI is InChI=1S/C17H18O/c1-13(15-9-5-3-6-10-15)14(2)17(18)16-11-7-4-8-12-16/h3-12,17-18H,1-2H3/b14-13+. The summed E-state index contributed by atoms with van der Waals surface area (Å²) in [6.07, 6.45) is -0.536. The molecule has 0 amide bonds. The van der Waals surface area contributed by atoms with Gasteiger partial charge in [0.15, 0.2) is 0 Å². The molecule has 18 heavy (non-hydrogen) atoms. The van der Waals surface area contributed by atoms with E-state index in [9.17, 15) is 5.11 Å². The topological polar surface area (TPSA) is 20.2 Å². The van der Waals surface area contributed by atoms with Crippen LogP contribution in [0.15, 0.2) is 66.2 Å². The van der Waals surface area contributed by atoms with E-state index < -0.39 is 6.10 Å². The fraction of sp³-hybridized carbons (Fsp3) is 0.176. The first kappa shape index (κ1) is 12.6. The van der Waals surface area contributed by atoms with Crippen LogP contribution in [-0.4, -0.2) is 5.11 Å². The minimum absolute atomic E-state index is 0.536. The van der Waals surface area contributed by atoms with Crippen LogP contribution in [0.3, 0.4) is 0 Å². The highest BCUT2D eigenvalue weighted by Gasteiger charge is 2.12. The fourth-order valence-corrected chi connectivity index (χ4v) is 2.01. The normalized spacial score (nSPS) is 13.9. The van der Waals surface area contributed by atoms with Crippen molar-refractivity contribution in [3.05, 3.63) is 77.4 Å². The molecule has 0 heterocycles. The summed E-state index contributed by atoms with van der Waals surface area (Å²) in [5.41, 5.74) is 4.22. The number of allylic oxidation sites excluding steroid dienone is 1. The van der Waals surface area contributed by atoms with Gasteiger partial charge in [0.25, 0.3) is 0 Å². The molecule has 0 aliphatic heterocycles. The smallest absolute Gasteiger partial charge is 0.100 e. The summed E-state index contributed by atoms with van der Waals surface area (Å²) in [6, 6.07) is 19.9. The first-order valence-electron chi connectivity index (χ1n) is 6.16. The molecule has 2 aromatic carbocycles. The Balaban J connectivity index is 2.33. The predicted molar refractivity (Wildman–Crippen MR) is 76.1 cm³/mol. The summed E-state index contributed by atoms with van der Waals surface area (Å²) >= 11 is 0. The van der Waals surface area contributed by atoms with Crippen molar-refractivity contribution < 1.29 is 5.11 Å². The molecule has 1 N–H and O–H groups in total. The van der Waals surface area contributed by atoms with Crippen LogP contribution in [0.25, 0.3) is 5.57 Å². The van der Waals surface area contributed by atoms with Gasteiger partial charge in [-0.25, -0.2) is 0 Å². The van der Waals surface area contributed by atoms with Gasteiger partial charge in [0.05, 0.1) is 0 Å². The van der Waals surface area contributed by atoms with Crippen LogP contribution in [0.2, 0.25) is 0 Å². The van der Waals surface area contributed by atoms with Gasteiger partial charge in [0, 0.05) is 0 Å². The third kappa shape index (κ3) is 2.69. The average molecular weight is 238 g/mol.